The molecule has 1 aliphatic heterocycles. The van der Waals surface area contributed by atoms with Crippen molar-refractivity contribution in [3.05, 3.63) is 22.7 Å². The standard InChI is InChI=1S/C11H16N2O4/c1-7-8(14)3-4-10(17-7)13-6-5-9(16-2)12-11(13)15/h5-8,10,14H,3-4H2,1-2H3/t7-,8+,10-/m1/s1. The zero-order chi connectivity index (χ0) is 12.4. The first-order valence-electron chi connectivity index (χ1n) is 5.58. The fourth-order valence-electron chi connectivity index (χ4n) is 1.89. The van der Waals surface area contributed by atoms with Gasteiger partial charge in [0.2, 0.25) is 5.88 Å². The average Bonchev–Trinajstić information content (AvgIpc) is 2.32. The van der Waals surface area contributed by atoms with Gasteiger partial charge in [0.05, 0.1) is 19.3 Å². The molecule has 1 N–H and O–H groups in total. The van der Waals surface area contributed by atoms with Crippen LogP contribution in [0.1, 0.15) is 26.0 Å². The summed E-state index contributed by atoms with van der Waals surface area (Å²) in [6, 6.07) is 1.61. The van der Waals surface area contributed by atoms with Gasteiger partial charge in [-0.05, 0) is 19.8 Å². The maximum absolute atomic E-state index is 11.7. The third-order valence-corrected chi connectivity index (χ3v) is 2.95. The van der Waals surface area contributed by atoms with Crippen LogP contribution in [0.25, 0.3) is 0 Å². The summed E-state index contributed by atoms with van der Waals surface area (Å²) in [5, 5.41) is 9.55. The number of aromatic nitrogens is 2. The summed E-state index contributed by atoms with van der Waals surface area (Å²) < 4.78 is 11.9. The Kier molecular flexibility index (Phi) is 3.44. The number of aliphatic hydroxyl groups excluding tert-OH is 1. The van der Waals surface area contributed by atoms with Crippen molar-refractivity contribution >= 4 is 0 Å². The molecule has 1 aromatic rings. The largest absolute Gasteiger partial charge is 0.481 e. The molecule has 1 aromatic heterocycles. The van der Waals surface area contributed by atoms with Crippen LogP contribution in [0, 0.1) is 0 Å². The van der Waals surface area contributed by atoms with Crippen LogP contribution >= 0.6 is 0 Å². The van der Waals surface area contributed by atoms with Crippen LogP contribution in [0.5, 0.6) is 5.88 Å². The van der Waals surface area contributed by atoms with Crippen molar-refractivity contribution in [3.63, 3.8) is 0 Å². The summed E-state index contributed by atoms with van der Waals surface area (Å²) in [5.74, 6) is 0.287. The summed E-state index contributed by atoms with van der Waals surface area (Å²) in [4.78, 5) is 15.5. The van der Waals surface area contributed by atoms with Crippen molar-refractivity contribution < 1.29 is 14.6 Å². The fraction of sp³-hybridized carbons (Fsp3) is 0.636. The monoisotopic (exact) mass is 240 g/mol. The number of aliphatic hydroxyl groups is 1. The van der Waals surface area contributed by atoms with Gasteiger partial charge in [-0.15, -0.1) is 0 Å². The van der Waals surface area contributed by atoms with Crippen LogP contribution in [-0.2, 0) is 4.74 Å². The smallest absolute Gasteiger partial charge is 0.352 e. The van der Waals surface area contributed by atoms with Crippen LogP contribution in [-0.4, -0.2) is 34.0 Å². The summed E-state index contributed by atoms with van der Waals surface area (Å²) in [7, 11) is 1.46. The van der Waals surface area contributed by atoms with E-state index in [0.29, 0.717) is 12.8 Å². The maximum Gasteiger partial charge on any atom is 0.352 e. The van der Waals surface area contributed by atoms with Crippen LogP contribution in [0.3, 0.4) is 0 Å². The average molecular weight is 240 g/mol. The Morgan fingerprint density at radius 3 is 2.94 bits per heavy atom. The van der Waals surface area contributed by atoms with E-state index < -0.39 is 11.8 Å². The number of nitrogens with zero attached hydrogens (tertiary/aromatic N) is 2. The molecule has 6 heteroatoms. The second-order valence-corrected chi connectivity index (χ2v) is 4.10. The highest BCUT2D eigenvalue weighted by atomic mass is 16.5. The molecule has 6 nitrogen and oxygen atoms in total. The summed E-state index contributed by atoms with van der Waals surface area (Å²) in [6.07, 6.45) is 1.71. The van der Waals surface area contributed by atoms with Crippen molar-refractivity contribution in [2.24, 2.45) is 0 Å². The van der Waals surface area contributed by atoms with E-state index in [1.807, 2.05) is 0 Å². The third kappa shape index (κ3) is 2.48. The number of ether oxygens (including phenoxy) is 2. The molecule has 3 atom stereocenters. The number of hydrogen-bond donors (Lipinski definition) is 1. The molecular formula is C11H16N2O4. The maximum atomic E-state index is 11.7. The topological polar surface area (TPSA) is 73.6 Å². The molecule has 2 heterocycles. The normalized spacial score (nSPS) is 29.0. The minimum absolute atomic E-state index is 0.275. The second-order valence-electron chi connectivity index (χ2n) is 4.10. The second kappa shape index (κ2) is 4.85. The molecule has 17 heavy (non-hydrogen) atoms. The predicted molar refractivity (Wildman–Crippen MR) is 59.9 cm³/mol. The van der Waals surface area contributed by atoms with Gasteiger partial charge in [-0.2, -0.15) is 4.98 Å². The van der Waals surface area contributed by atoms with Crippen LogP contribution < -0.4 is 10.4 Å². The molecule has 2 rings (SSSR count). The van der Waals surface area contributed by atoms with Gasteiger partial charge in [0.15, 0.2) is 0 Å². The first-order chi connectivity index (χ1) is 8.11. The van der Waals surface area contributed by atoms with Gasteiger partial charge >= 0.3 is 5.69 Å². The van der Waals surface area contributed by atoms with Gasteiger partial charge in [0.25, 0.3) is 0 Å². The minimum atomic E-state index is -0.465. The summed E-state index contributed by atoms with van der Waals surface area (Å²) in [6.45, 7) is 1.79. The van der Waals surface area contributed by atoms with E-state index in [4.69, 9.17) is 9.47 Å². The minimum Gasteiger partial charge on any atom is -0.481 e. The molecule has 1 aliphatic rings. The molecular weight excluding hydrogens is 224 g/mol. The molecule has 94 valence electrons. The van der Waals surface area contributed by atoms with Gasteiger partial charge in [0.1, 0.15) is 6.23 Å². The Hall–Kier alpha value is -1.40. The van der Waals surface area contributed by atoms with Gasteiger partial charge in [-0.3, -0.25) is 4.57 Å². The SMILES string of the molecule is COc1ccn([C@H]2CC[C@H](O)[C@@H](C)O2)c(=O)n1. The lowest BCUT2D eigenvalue weighted by Gasteiger charge is -2.32. The molecule has 0 aliphatic carbocycles. The summed E-state index contributed by atoms with van der Waals surface area (Å²) in [5.41, 5.74) is -0.405. The molecule has 0 spiro atoms. The molecule has 0 aromatic carbocycles. The molecule has 0 amide bonds. The van der Waals surface area contributed by atoms with Crippen molar-refractivity contribution in [2.75, 3.05) is 7.11 Å². The lowest BCUT2D eigenvalue weighted by molar-refractivity contribution is -0.139. The van der Waals surface area contributed by atoms with Crippen LogP contribution in [0.4, 0.5) is 0 Å². The number of methoxy groups -OCH3 is 1. The van der Waals surface area contributed by atoms with E-state index in [1.54, 1.807) is 19.2 Å². The van der Waals surface area contributed by atoms with E-state index in [0.717, 1.165) is 0 Å². The Labute approximate surface area is 98.8 Å². The van der Waals surface area contributed by atoms with Gasteiger partial charge in [-0.1, -0.05) is 0 Å². The number of rotatable bonds is 2. The van der Waals surface area contributed by atoms with E-state index >= 15 is 0 Å². The van der Waals surface area contributed by atoms with Crippen molar-refractivity contribution in [3.8, 4) is 5.88 Å². The molecule has 0 saturated carbocycles. The van der Waals surface area contributed by atoms with E-state index in [1.165, 1.54) is 11.7 Å². The van der Waals surface area contributed by atoms with E-state index in [2.05, 4.69) is 4.98 Å². The zero-order valence-corrected chi connectivity index (χ0v) is 9.87. The first kappa shape index (κ1) is 12.1. The Balaban J connectivity index is 2.20. The lowest BCUT2D eigenvalue weighted by atomic mass is 10.1. The van der Waals surface area contributed by atoms with Crippen LogP contribution in [0.2, 0.25) is 0 Å². The lowest BCUT2D eigenvalue weighted by Crippen LogP contribution is -2.38. The summed E-state index contributed by atoms with van der Waals surface area (Å²) >= 11 is 0. The van der Waals surface area contributed by atoms with E-state index in [-0.39, 0.29) is 18.2 Å². The van der Waals surface area contributed by atoms with Gasteiger partial charge in [-0.25, -0.2) is 4.79 Å². The Bertz CT molecular complexity index is 445. The molecule has 0 unspecified atom stereocenters. The van der Waals surface area contributed by atoms with Crippen LogP contribution in [0.15, 0.2) is 17.1 Å². The quantitative estimate of drug-likeness (QED) is 0.805. The molecule has 0 bridgehead atoms. The highest BCUT2D eigenvalue weighted by molar-refractivity contribution is 5.05. The molecule has 1 fully saturated rings. The highest BCUT2D eigenvalue weighted by Crippen LogP contribution is 2.25. The van der Waals surface area contributed by atoms with E-state index in [9.17, 15) is 9.90 Å². The van der Waals surface area contributed by atoms with Gasteiger partial charge in [0, 0.05) is 12.3 Å². The highest BCUT2D eigenvalue weighted by Gasteiger charge is 2.28. The Morgan fingerprint density at radius 2 is 2.35 bits per heavy atom. The Morgan fingerprint density at radius 1 is 1.59 bits per heavy atom. The molecule has 1 saturated heterocycles. The number of hydrogen-bond acceptors (Lipinski definition) is 5. The van der Waals surface area contributed by atoms with Crippen molar-refractivity contribution in [1.82, 2.24) is 9.55 Å². The zero-order valence-electron chi connectivity index (χ0n) is 9.87. The van der Waals surface area contributed by atoms with Gasteiger partial charge < -0.3 is 14.6 Å². The van der Waals surface area contributed by atoms with Crippen molar-refractivity contribution in [2.45, 2.75) is 38.2 Å². The molecule has 0 radical (unpaired) electrons. The predicted octanol–water partition coefficient (Wildman–Crippen LogP) is 0.310. The third-order valence-electron chi connectivity index (χ3n) is 2.95. The van der Waals surface area contributed by atoms with Crippen molar-refractivity contribution in [1.29, 1.82) is 0 Å². The first-order valence-corrected chi connectivity index (χ1v) is 5.58. The fourth-order valence-corrected chi connectivity index (χ4v) is 1.89.